The molecule has 0 spiro atoms. The lowest BCUT2D eigenvalue weighted by Crippen LogP contribution is -2.37. The third-order valence-corrected chi connectivity index (χ3v) is 3.68. The Kier molecular flexibility index (Phi) is 3.49. The number of hydrogen-bond donors (Lipinski definition) is 2. The maximum absolute atomic E-state index is 5.65. The van der Waals surface area contributed by atoms with Gasteiger partial charge in [0, 0.05) is 12.2 Å². The molecule has 0 bridgehead atoms. The molecule has 0 heterocycles. The fourth-order valence-corrected chi connectivity index (χ4v) is 2.26. The van der Waals surface area contributed by atoms with Crippen LogP contribution in [0.4, 0.5) is 5.69 Å². The highest BCUT2D eigenvalue weighted by molar-refractivity contribution is 5.39. The Labute approximate surface area is 98.2 Å². The lowest BCUT2D eigenvalue weighted by Gasteiger charge is -2.38. The van der Waals surface area contributed by atoms with E-state index >= 15 is 0 Å². The van der Waals surface area contributed by atoms with Crippen molar-refractivity contribution in [3.05, 3.63) is 29.8 Å². The van der Waals surface area contributed by atoms with Gasteiger partial charge in [-0.2, -0.15) is 0 Å². The molecule has 0 unspecified atom stereocenters. The fraction of sp³-hybridized carbons (Fsp3) is 0.571. The zero-order valence-corrected chi connectivity index (χ0v) is 10.1. The van der Waals surface area contributed by atoms with E-state index in [1.807, 2.05) is 12.1 Å². The van der Waals surface area contributed by atoms with Crippen molar-refractivity contribution in [2.24, 2.45) is 5.41 Å². The summed E-state index contributed by atoms with van der Waals surface area (Å²) in [5.41, 5.74) is 8.44. The Hall–Kier alpha value is -1.02. The second kappa shape index (κ2) is 4.88. The van der Waals surface area contributed by atoms with Gasteiger partial charge in [-0.25, -0.2) is 0 Å². The molecule has 0 saturated heterocycles. The summed E-state index contributed by atoms with van der Waals surface area (Å²) in [4.78, 5) is 0. The fourth-order valence-electron chi connectivity index (χ4n) is 2.26. The van der Waals surface area contributed by atoms with Crippen LogP contribution < -0.4 is 11.1 Å². The third-order valence-electron chi connectivity index (χ3n) is 3.68. The Bertz CT molecular complexity index is 325. The highest BCUT2D eigenvalue weighted by Gasteiger charge is 2.30. The topological polar surface area (TPSA) is 38.0 Å². The molecule has 3 N–H and O–H groups in total. The third kappa shape index (κ3) is 2.99. The van der Waals surface area contributed by atoms with Gasteiger partial charge in [-0.05, 0) is 48.9 Å². The lowest BCUT2D eigenvalue weighted by molar-refractivity contribution is 0.157. The van der Waals surface area contributed by atoms with E-state index in [1.165, 1.54) is 31.4 Å². The van der Waals surface area contributed by atoms with Crippen molar-refractivity contribution in [3.63, 3.8) is 0 Å². The van der Waals surface area contributed by atoms with Crippen molar-refractivity contribution in [3.8, 4) is 0 Å². The molecular weight excluding hydrogens is 196 g/mol. The monoisotopic (exact) mass is 218 g/mol. The summed E-state index contributed by atoms with van der Waals surface area (Å²) in [6.45, 7) is 4.62. The number of benzene rings is 1. The first-order valence-electron chi connectivity index (χ1n) is 6.23. The van der Waals surface area contributed by atoms with E-state index in [0.717, 1.165) is 18.7 Å². The summed E-state index contributed by atoms with van der Waals surface area (Å²) in [5, 5.41) is 3.56. The van der Waals surface area contributed by atoms with Crippen molar-refractivity contribution in [1.29, 1.82) is 0 Å². The van der Waals surface area contributed by atoms with Gasteiger partial charge in [0.05, 0.1) is 0 Å². The Morgan fingerprint density at radius 2 is 1.94 bits per heavy atom. The zero-order chi connectivity index (χ0) is 11.4. The Balaban J connectivity index is 1.66. The van der Waals surface area contributed by atoms with Gasteiger partial charge in [-0.1, -0.05) is 25.5 Å². The highest BCUT2D eigenvalue weighted by atomic mass is 14.9. The minimum atomic E-state index is 0.584. The van der Waals surface area contributed by atoms with Gasteiger partial charge >= 0.3 is 0 Å². The second-order valence-electron chi connectivity index (χ2n) is 5.33. The van der Waals surface area contributed by atoms with Crippen LogP contribution in [0.2, 0.25) is 0 Å². The van der Waals surface area contributed by atoms with E-state index in [9.17, 15) is 0 Å². The summed E-state index contributed by atoms with van der Waals surface area (Å²) in [6.07, 6.45) is 5.29. The molecule has 2 heteroatoms. The molecule has 1 aliphatic rings. The predicted molar refractivity (Wildman–Crippen MR) is 69.4 cm³/mol. The highest BCUT2D eigenvalue weighted by Crippen LogP contribution is 2.39. The van der Waals surface area contributed by atoms with E-state index < -0.39 is 0 Å². The number of nitrogen functional groups attached to an aromatic ring is 1. The first-order valence-corrected chi connectivity index (χ1v) is 6.23. The zero-order valence-electron chi connectivity index (χ0n) is 10.1. The molecule has 0 aliphatic heterocycles. The Morgan fingerprint density at radius 1 is 1.25 bits per heavy atom. The second-order valence-corrected chi connectivity index (χ2v) is 5.33. The molecule has 1 aromatic carbocycles. The normalized spacial score (nSPS) is 18.1. The SMILES string of the molecule is CC1(CNCCc2ccc(N)cc2)CCC1. The van der Waals surface area contributed by atoms with Crippen LogP contribution in [0, 0.1) is 5.41 Å². The van der Waals surface area contributed by atoms with Crippen LogP contribution in [-0.2, 0) is 6.42 Å². The van der Waals surface area contributed by atoms with Gasteiger partial charge < -0.3 is 11.1 Å². The van der Waals surface area contributed by atoms with Gasteiger partial charge in [-0.3, -0.25) is 0 Å². The molecule has 0 atom stereocenters. The van der Waals surface area contributed by atoms with E-state index in [2.05, 4.69) is 24.4 Å². The largest absolute Gasteiger partial charge is 0.399 e. The number of nitrogens with two attached hydrogens (primary N) is 1. The van der Waals surface area contributed by atoms with Crippen molar-refractivity contribution in [2.75, 3.05) is 18.8 Å². The molecule has 0 radical (unpaired) electrons. The molecule has 1 fully saturated rings. The molecule has 1 saturated carbocycles. The van der Waals surface area contributed by atoms with Gasteiger partial charge in [0.2, 0.25) is 0 Å². The number of nitrogens with one attached hydrogen (secondary N) is 1. The minimum Gasteiger partial charge on any atom is -0.399 e. The summed E-state index contributed by atoms with van der Waals surface area (Å²) < 4.78 is 0. The van der Waals surface area contributed by atoms with Gasteiger partial charge in [0.25, 0.3) is 0 Å². The summed E-state index contributed by atoms with van der Waals surface area (Å²) >= 11 is 0. The van der Waals surface area contributed by atoms with Crippen LogP contribution in [0.25, 0.3) is 0 Å². The van der Waals surface area contributed by atoms with Gasteiger partial charge in [0.1, 0.15) is 0 Å². The molecule has 2 rings (SSSR count). The first kappa shape index (κ1) is 11.5. The summed E-state index contributed by atoms with van der Waals surface area (Å²) in [5.74, 6) is 0. The summed E-state index contributed by atoms with van der Waals surface area (Å²) in [6, 6.07) is 8.18. The molecule has 0 amide bonds. The van der Waals surface area contributed by atoms with Crippen LogP contribution in [0.15, 0.2) is 24.3 Å². The predicted octanol–water partition coefficient (Wildman–Crippen LogP) is 2.59. The molecule has 1 aliphatic carbocycles. The van der Waals surface area contributed by atoms with Crippen molar-refractivity contribution in [2.45, 2.75) is 32.6 Å². The maximum atomic E-state index is 5.65. The average Bonchev–Trinajstić information content (AvgIpc) is 2.24. The quantitative estimate of drug-likeness (QED) is 0.589. The Morgan fingerprint density at radius 3 is 2.50 bits per heavy atom. The number of rotatable bonds is 5. The maximum Gasteiger partial charge on any atom is 0.0314 e. The molecular formula is C14H22N2. The number of anilines is 1. The van der Waals surface area contributed by atoms with Gasteiger partial charge in [-0.15, -0.1) is 0 Å². The van der Waals surface area contributed by atoms with E-state index in [-0.39, 0.29) is 0 Å². The molecule has 2 nitrogen and oxygen atoms in total. The summed E-state index contributed by atoms with van der Waals surface area (Å²) in [7, 11) is 0. The van der Waals surface area contributed by atoms with Crippen LogP contribution in [-0.4, -0.2) is 13.1 Å². The standard InChI is InChI=1S/C14H22N2/c1-14(8-2-9-14)11-16-10-7-12-3-5-13(15)6-4-12/h3-6,16H,2,7-11,15H2,1H3. The molecule has 0 aromatic heterocycles. The molecule has 88 valence electrons. The molecule has 16 heavy (non-hydrogen) atoms. The first-order chi connectivity index (χ1) is 7.68. The van der Waals surface area contributed by atoms with Crippen LogP contribution in [0.1, 0.15) is 31.7 Å². The average molecular weight is 218 g/mol. The smallest absolute Gasteiger partial charge is 0.0314 e. The number of hydrogen-bond acceptors (Lipinski definition) is 2. The molecule has 1 aromatic rings. The van der Waals surface area contributed by atoms with E-state index in [0.29, 0.717) is 5.41 Å². The lowest BCUT2D eigenvalue weighted by atomic mass is 9.70. The van der Waals surface area contributed by atoms with Crippen molar-refractivity contribution >= 4 is 5.69 Å². The minimum absolute atomic E-state index is 0.584. The van der Waals surface area contributed by atoms with Gasteiger partial charge in [0.15, 0.2) is 0 Å². The van der Waals surface area contributed by atoms with E-state index in [4.69, 9.17) is 5.73 Å². The van der Waals surface area contributed by atoms with Crippen LogP contribution >= 0.6 is 0 Å². The van der Waals surface area contributed by atoms with Crippen LogP contribution in [0.5, 0.6) is 0 Å². The van der Waals surface area contributed by atoms with E-state index in [1.54, 1.807) is 0 Å². The van der Waals surface area contributed by atoms with Crippen molar-refractivity contribution < 1.29 is 0 Å². The van der Waals surface area contributed by atoms with Crippen molar-refractivity contribution in [1.82, 2.24) is 5.32 Å². The van der Waals surface area contributed by atoms with Crippen LogP contribution in [0.3, 0.4) is 0 Å².